The summed E-state index contributed by atoms with van der Waals surface area (Å²) in [5.41, 5.74) is 3.21. The Kier molecular flexibility index (Phi) is 8.78. The Morgan fingerprint density at radius 3 is 2.34 bits per heavy atom. The van der Waals surface area contributed by atoms with Gasteiger partial charge in [0.05, 0.1) is 21.6 Å². The molecule has 0 unspecified atom stereocenters. The van der Waals surface area contributed by atoms with Crippen LogP contribution in [-0.2, 0) is 20.8 Å². The highest BCUT2D eigenvalue weighted by Gasteiger charge is 2.26. The van der Waals surface area contributed by atoms with Crippen LogP contribution in [0.1, 0.15) is 71.9 Å². The van der Waals surface area contributed by atoms with E-state index in [4.69, 9.17) is 14.6 Å². The molecule has 6 heteroatoms. The third-order valence-corrected chi connectivity index (χ3v) is 6.97. The Balaban J connectivity index is 1.55. The Morgan fingerprint density at radius 2 is 1.75 bits per heavy atom. The van der Waals surface area contributed by atoms with Gasteiger partial charge in [-0.15, -0.1) is 0 Å². The number of hydrogen-bond acceptors (Lipinski definition) is 4. The van der Waals surface area contributed by atoms with E-state index in [0.29, 0.717) is 24.4 Å². The van der Waals surface area contributed by atoms with Crippen LogP contribution in [-0.4, -0.2) is 34.6 Å². The molecular weight excluding hydrogens is 515 g/mol. The Bertz CT molecular complexity index is 878. The number of nitrogens with zero attached hydrogens (tertiary/aromatic N) is 2. The predicted molar refractivity (Wildman–Crippen MR) is 137 cm³/mol. The van der Waals surface area contributed by atoms with Crippen LogP contribution >= 0.6 is 22.6 Å². The van der Waals surface area contributed by atoms with Gasteiger partial charge in [0.1, 0.15) is 12.2 Å². The van der Waals surface area contributed by atoms with E-state index in [9.17, 15) is 4.79 Å². The van der Waals surface area contributed by atoms with E-state index in [0.717, 1.165) is 19.4 Å². The van der Waals surface area contributed by atoms with Crippen molar-refractivity contribution in [2.45, 2.75) is 78.4 Å². The monoisotopic (exact) mass is 552 g/mol. The second-order valence-electron chi connectivity index (χ2n) is 10.2. The van der Waals surface area contributed by atoms with E-state index in [-0.39, 0.29) is 12.6 Å². The number of carbonyl (C=O) groups is 1. The molecule has 1 heterocycles. The van der Waals surface area contributed by atoms with E-state index in [1.165, 1.54) is 33.4 Å². The van der Waals surface area contributed by atoms with Gasteiger partial charge in [-0.1, -0.05) is 44.2 Å². The van der Waals surface area contributed by atoms with E-state index in [1.54, 1.807) is 0 Å². The number of rotatable bonds is 8. The molecule has 176 valence electrons. The first-order valence-electron chi connectivity index (χ1n) is 11.7. The highest BCUT2D eigenvalue weighted by Crippen LogP contribution is 2.35. The van der Waals surface area contributed by atoms with E-state index in [2.05, 4.69) is 71.5 Å². The summed E-state index contributed by atoms with van der Waals surface area (Å²) in [5, 5.41) is 5.03. The fourth-order valence-electron chi connectivity index (χ4n) is 4.34. The normalized spacial score (nSPS) is 19.3. The van der Waals surface area contributed by atoms with Gasteiger partial charge < -0.3 is 9.47 Å². The molecule has 1 fully saturated rings. The molecule has 0 radical (unpaired) electrons. The minimum absolute atomic E-state index is 0.0430. The topological polar surface area (TPSA) is 53.4 Å². The van der Waals surface area contributed by atoms with Crippen molar-refractivity contribution < 1.29 is 14.3 Å². The summed E-state index contributed by atoms with van der Waals surface area (Å²) in [5.74, 6) is 1.26. The zero-order valence-electron chi connectivity index (χ0n) is 20.1. The number of aromatic nitrogens is 2. The standard InChI is InChI=1S/C26H37IN2O3/c1-18(2)24-23(27)25(21-9-7-6-8-10-21)29(28-24)15-19-11-13-20(14-12-19)16-31-17-22(30)32-26(3,4)5/h6-10,18-20H,11-17H2,1-5H3/t19-,20-. The molecule has 1 aliphatic rings. The summed E-state index contributed by atoms with van der Waals surface area (Å²) in [6, 6.07) is 10.6. The number of halogens is 1. The number of ether oxygens (including phenoxy) is 2. The van der Waals surface area contributed by atoms with Crippen LogP contribution in [0, 0.1) is 15.4 Å². The summed E-state index contributed by atoms with van der Waals surface area (Å²) in [7, 11) is 0. The quantitative estimate of drug-likeness (QED) is 0.279. The van der Waals surface area contributed by atoms with Crippen molar-refractivity contribution in [1.29, 1.82) is 0 Å². The van der Waals surface area contributed by atoms with Crippen LogP contribution in [0.25, 0.3) is 11.3 Å². The second kappa shape index (κ2) is 11.1. The van der Waals surface area contributed by atoms with Crippen molar-refractivity contribution >= 4 is 28.6 Å². The number of benzene rings is 1. The molecule has 0 aliphatic heterocycles. The molecule has 3 rings (SSSR count). The lowest BCUT2D eigenvalue weighted by molar-refractivity contribution is -0.160. The fourth-order valence-corrected chi connectivity index (χ4v) is 5.66. The van der Waals surface area contributed by atoms with Gasteiger partial charge in [0.25, 0.3) is 0 Å². The number of esters is 1. The lowest BCUT2D eigenvalue weighted by Gasteiger charge is -2.29. The van der Waals surface area contributed by atoms with Gasteiger partial charge in [0, 0.05) is 12.1 Å². The van der Waals surface area contributed by atoms with Gasteiger partial charge >= 0.3 is 5.97 Å². The molecule has 0 N–H and O–H groups in total. The zero-order chi connectivity index (χ0) is 23.3. The van der Waals surface area contributed by atoms with E-state index >= 15 is 0 Å². The minimum atomic E-state index is -0.461. The predicted octanol–water partition coefficient (Wildman–Crippen LogP) is 6.44. The molecule has 1 aromatic heterocycles. The SMILES string of the molecule is CC(C)c1nn(C[C@H]2CC[C@H](COCC(=O)OC(C)(C)C)CC2)c(-c2ccccc2)c1I. The van der Waals surface area contributed by atoms with Crippen LogP contribution in [0.3, 0.4) is 0 Å². The molecule has 0 bridgehead atoms. The average molecular weight is 552 g/mol. The summed E-state index contributed by atoms with van der Waals surface area (Å²) in [4.78, 5) is 11.8. The molecule has 32 heavy (non-hydrogen) atoms. The highest BCUT2D eigenvalue weighted by atomic mass is 127. The summed E-state index contributed by atoms with van der Waals surface area (Å²) in [6.07, 6.45) is 4.61. The molecule has 1 aromatic carbocycles. The van der Waals surface area contributed by atoms with Crippen LogP contribution in [0.2, 0.25) is 0 Å². The zero-order valence-corrected chi connectivity index (χ0v) is 22.2. The Morgan fingerprint density at radius 1 is 1.12 bits per heavy atom. The van der Waals surface area contributed by atoms with Crippen molar-refractivity contribution in [3.8, 4) is 11.3 Å². The molecule has 2 aromatic rings. The van der Waals surface area contributed by atoms with Crippen LogP contribution in [0.5, 0.6) is 0 Å². The highest BCUT2D eigenvalue weighted by molar-refractivity contribution is 14.1. The summed E-state index contributed by atoms with van der Waals surface area (Å²) in [6.45, 7) is 11.7. The van der Waals surface area contributed by atoms with Gasteiger partial charge in [0.15, 0.2) is 0 Å². The molecule has 1 saturated carbocycles. The fraction of sp³-hybridized carbons (Fsp3) is 0.615. The van der Waals surface area contributed by atoms with Crippen molar-refractivity contribution in [1.82, 2.24) is 9.78 Å². The number of hydrogen-bond donors (Lipinski definition) is 0. The first kappa shape index (κ1) is 25.2. The number of carbonyl (C=O) groups excluding carboxylic acids is 1. The van der Waals surface area contributed by atoms with Gasteiger partial charge in [0.2, 0.25) is 0 Å². The molecule has 0 amide bonds. The molecule has 0 atom stereocenters. The van der Waals surface area contributed by atoms with E-state index < -0.39 is 5.60 Å². The minimum Gasteiger partial charge on any atom is -0.458 e. The Hall–Kier alpha value is -1.41. The molecular formula is C26H37IN2O3. The van der Waals surface area contributed by atoms with Crippen molar-refractivity contribution in [3.05, 3.63) is 39.6 Å². The van der Waals surface area contributed by atoms with Crippen LogP contribution in [0.15, 0.2) is 30.3 Å². The maximum absolute atomic E-state index is 11.8. The van der Waals surface area contributed by atoms with Gasteiger partial charge in [-0.2, -0.15) is 5.10 Å². The lowest BCUT2D eigenvalue weighted by atomic mass is 9.82. The largest absolute Gasteiger partial charge is 0.458 e. The van der Waals surface area contributed by atoms with Gasteiger partial charge in [-0.05, 0) is 86.8 Å². The third-order valence-electron chi connectivity index (χ3n) is 5.90. The van der Waals surface area contributed by atoms with Crippen LogP contribution in [0.4, 0.5) is 0 Å². The summed E-state index contributed by atoms with van der Waals surface area (Å²) >= 11 is 2.47. The van der Waals surface area contributed by atoms with Crippen molar-refractivity contribution in [2.24, 2.45) is 11.8 Å². The molecule has 0 saturated heterocycles. The second-order valence-corrected chi connectivity index (χ2v) is 11.3. The molecule has 5 nitrogen and oxygen atoms in total. The third kappa shape index (κ3) is 7.04. The van der Waals surface area contributed by atoms with Crippen molar-refractivity contribution in [3.63, 3.8) is 0 Å². The maximum Gasteiger partial charge on any atom is 0.332 e. The smallest absolute Gasteiger partial charge is 0.332 e. The maximum atomic E-state index is 11.8. The van der Waals surface area contributed by atoms with Crippen molar-refractivity contribution in [2.75, 3.05) is 13.2 Å². The molecule has 0 spiro atoms. The Labute approximate surface area is 206 Å². The lowest BCUT2D eigenvalue weighted by Crippen LogP contribution is -2.28. The first-order chi connectivity index (χ1) is 15.1. The van der Waals surface area contributed by atoms with Gasteiger partial charge in [-0.3, -0.25) is 4.68 Å². The van der Waals surface area contributed by atoms with Gasteiger partial charge in [-0.25, -0.2) is 4.79 Å². The average Bonchev–Trinajstić information content (AvgIpc) is 3.04. The van der Waals surface area contributed by atoms with Crippen LogP contribution < -0.4 is 0 Å². The van der Waals surface area contributed by atoms with E-state index in [1.807, 2.05) is 20.8 Å². The summed E-state index contributed by atoms with van der Waals surface area (Å²) < 4.78 is 14.5. The first-order valence-corrected chi connectivity index (χ1v) is 12.8. The molecule has 1 aliphatic carbocycles.